The summed E-state index contributed by atoms with van der Waals surface area (Å²) in [6.07, 6.45) is 4.72. The van der Waals surface area contributed by atoms with E-state index in [1.807, 2.05) is 11.0 Å². The maximum Gasteiger partial charge on any atom is 0.253 e. The number of hydrogen-bond acceptors (Lipinski definition) is 4. The van der Waals surface area contributed by atoms with Crippen molar-refractivity contribution in [1.82, 2.24) is 10.2 Å². The zero-order chi connectivity index (χ0) is 16.3. The van der Waals surface area contributed by atoms with Gasteiger partial charge in [-0.15, -0.1) is 12.4 Å². The molecule has 0 bridgehead atoms. The highest BCUT2D eigenvalue weighted by atomic mass is 35.5. The molecule has 0 saturated carbocycles. The van der Waals surface area contributed by atoms with Crippen molar-refractivity contribution in [1.29, 1.82) is 0 Å². The van der Waals surface area contributed by atoms with Gasteiger partial charge in [-0.2, -0.15) is 0 Å². The van der Waals surface area contributed by atoms with Gasteiger partial charge in [0.25, 0.3) is 5.91 Å². The Labute approximate surface area is 150 Å². The number of likely N-dealkylation sites (tertiary alicyclic amines) is 1. The van der Waals surface area contributed by atoms with E-state index in [9.17, 15) is 4.79 Å². The maximum absolute atomic E-state index is 12.8. The van der Waals surface area contributed by atoms with Crippen molar-refractivity contribution in [2.24, 2.45) is 5.41 Å². The molecule has 2 aliphatic rings. The van der Waals surface area contributed by atoms with Crippen molar-refractivity contribution in [2.45, 2.75) is 25.7 Å². The fraction of sp³-hybridized carbons (Fsp3) is 0.611. The number of rotatable bonds is 3. The third kappa shape index (κ3) is 3.78. The summed E-state index contributed by atoms with van der Waals surface area (Å²) in [7, 11) is 3.19. The minimum atomic E-state index is 0. The van der Waals surface area contributed by atoms with Gasteiger partial charge in [0.05, 0.1) is 14.2 Å². The van der Waals surface area contributed by atoms with Crippen LogP contribution in [0.2, 0.25) is 0 Å². The SMILES string of the molecule is COc1ccc(C(=O)N2CCC3(CCNCC3)CC2)cc1OC.Cl. The van der Waals surface area contributed by atoms with Crippen molar-refractivity contribution in [3.05, 3.63) is 23.8 Å². The number of hydrogen-bond donors (Lipinski definition) is 1. The predicted octanol–water partition coefficient (Wildman–Crippen LogP) is 2.73. The lowest BCUT2D eigenvalue weighted by Gasteiger charge is -2.44. The molecule has 1 aromatic rings. The van der Waals surface area contributed by atoms with E-state index in [4.69, 9.17) is 9.47 Å². The van der Waals surface area contributed by atoms with Crippen molar-refractivity contribution < 1.29 is 14.3 Å². The monoisotopic (exact) mass is 354 g/mol. The molecule has 0 aromatic heterocycles. The first kappa shape index (κ1) is 18.9. The zero-order valence-corrected chi connectivity index (χ0v) is 15.3. The third-order valence-corrected chi connectivity index (χ3v) is 5.41. The van der Waals surface area contributed by atoms with Crippen LogP contribution in [0.15, 0.2) is 18.2 Å². The molecular weight excluding hydrogens is 328 g/mol. The van der Waals surface area contributed by atoms with Crippen LogP contribution in [-0.2, 0) is 0 Å². The average Bonchev–Trinajstić information content (AvgIpc) is 2.62. The van der Waals surface area contributed by atoms with Crippen LogP contribution in [0.5, 0.6) is 11.5 Å². The number of nitrogens with zero attached hydrogens (tertiary/aromatic N) is 1. The second-order valence-electron chi connectivity index (χ2n) is 6.61. The Bertz CT molecular complexity index is 563. The van der Waals surface area contributed by atoms with Gasteiger partial charge in [0, 0.05) is 18.7 Å². The predicted molar refractivity (Wildman–Crippen MR) is 96.5 cm³/mol. The van der Waals surface area contributed by atoms with Gasteiger partial charge in [0.15, 0.2) is 11.5 Å². The van der Waals surface area contributed by atoms with Crippen molar-refractivity contribution in [3.63, 3.8) is 0 Å². The van der Waals surface area contributed by atoms with Gasteiger partial charge in [0.1, 0.15) is 0 Å². The lowest BCUT2D eigenvalue weighted by atomic mass is 9.71. The van der Waals surface area contributed by atoms with Crippen LogP contribution >= 0.6 is 12.4 Å². The number of amides is 1. The number of carbonyl (C=O) groups excluding carboxylic acids is 1. The van der Waals surface area contributed by atoms with E-state index >= 15 is 0 Å². The van der Waals surface area contributed by atoms with Gasteiger partial charge in [-0.3, -0.25) is 4.79 Å². The van der Waals surface area contributed by atoms with Gasteiger partial charge in [0.2, 0.25) is 0 Å². The lowest BCUT2D eigenvalue weighted by molar-refractivity contribution is 0.0495. The van der Waals surface area contributed by atoms with Crippen LogP contribution in [0.3, 0.4) is 0 Å². The number of ether oxygens (including phenoxy) is 2. The Balaban J connectivity index is 0.00000208. The smallest absolute Gasteiger partial charge is 0.253 e. The quantitative estimate of drug-likeness (QED) is 0.906. The van der Waals surface area contributed by atoms with E-state index in [1.165, 1.54) is 12.8 Å². The molecule has 0 aliphatic carbocycles. The second-order valence-corrected chi connectivity index (χ2v) is 6.61. The molecule has 1 spiro atoms. The van der Waals surface area contributed by atoms with E-state index in [1.54, 1.807) is 26.4 Å². The lowest BCUT2D eigenvalue weighted by Crippen LogP contribution is -2.47. The number of nitrogens with one attached hydrogen (secondary N) is 1. The normalized spacial score (nSPS) is 19.5. The van der Waals surface area contributed by atoms with E-state index in [0.29, 0.717) is 22.5 Å². The number of benzene rings is 1. The number of piperidine rings is 2. The van der Waals surface area contributed by atoms with Crippen LogP contribution in [0.25, 0.3) is 0 Å². The highest BCUT2D eigenvalue weighted by Gasteiger charge is 2.36. The summed E-state index contributed by atoms with van der Waals surface area (Å²) in [5, 5.41) is 3.43. The molecule has 2 saturated heterocycles. The van der Waals surface area contributed by atoms with Crippen LogP contribution in [0, 0.1) is 5.41 Å². The first-order valence-electron chi connectivity index (χ1n) is 8.39. The van der Waals surface area contributed by atoms with Gasteiger partial charge in [-0.25, -0.2) is 0 Å². The van der Waals surface area contributed by atoms with Crippen LogP contribution in [-0.4, -0.2) is 51.2 Å². The largest absolute Gasteiger partial charge is 0.493 e. The molecule has 1 amide bonds. The minimum absolute atomic E-state index is 0. The summed E-state index contributed by atoms with van der Waals surface area (Å²) in [5.74, 6) is 1.34. The molecule has 1 N–H and O–H groups in total. The average molecular weight is 355 g/mol. The highest BCUT2D eigenvalue weighted by molar-refractivity contribution is 5.95. The Morgan fingerprint density at radius 3 is 2.25 bits per heavy atom. The Hall–Kier alpha value is -1.46. The number of halogens is 1. The molecule has 0 atom stereocenters. The number of methoxy groups -OCH3 is 2. The Morgan fingerprint density at radius 1 is 1.04 bits per heavy atom. The standard InChI is InChI=1S/C18H26N2O3.ClH/c1-22-15-4-3-14(13-16(15)23-2)17(21)20-11-7-18(8-12-20)5-9-19-10-6-18;/h3-4,13,19H,5-12H2,1-2H3;1H. The number of carbonyl (C=O) groups is 1. The molecule has 0 unspecified atom stereocenters. The fourth-order valence-corrected chi connectivity index (χ4v) is 3.79. The molecule has 2 heterocycles. The van der Waals surface area contributed by atoms with Gasteiger partial charge in [-0.1, -0.05) is 0 Å². The second kappa shape index (κ2) is 8.08. The van der Waals surface area contributed by atoms with Gasteiger partial charge in [-0.05, 0) is 62.4 Å². The van der Waals surface area contributed by atoms with E-state index in [2.05, 4.69) is 5.32 Å². The molecule has 0 radical (unpaired) electrons. The molecule has 1 aromatic carbocycles. The summed E-state index contributed by atoms with van der Waals surface area (Å²) in [5.41, 5.74) is 1.13. The van der Waals surface area contributed by atoms with E-state index in [0.717, 1.165) is 39.0 Å². The topological polar surface area (TPSA) is 50.8 Å². The molecular formula is C18H27ClN2O3. The van der Waals surface area contributed by atoms with Crippen molar-refractivity contribution in [3.8, 4) is 11.5 Å². The fourth-order valence-electron chi connectivity index (χ4n) is 3.79. The Morgan fingerprint density at radius 2 is 1.67 bits per heavy atom. The molecule has 5 nitrogen and oxygen atoms in total. The summed E-state index contributed by atoms with van der Waals surface area (Å²) in [6.45, 7) is 3.94. The molecule has 2 aliphatic heterocycles. The maximum atomic E-state index is 12.8. The van der Waals surface area contributed by atoms with Gasteiger partial charge >= 0.3 is 0 Å². The molecule has 24 heavy (non-hydrogen) atoms. The minimum Gasteiger partial charge on any atom is -0.493 e. The first-order valence-corrected chi connectivity index (χ1v) is 8.39. The van der Waals surface area contributed by atoms with E-state index < -0.39 is 0 Å². The molecule has 2 fully saturated rings. The first-order chi connectivity index (χ1) is 11.2. The Kier molecular flexibility index (Phi) is 6.35. The van der Waals surface area contributed by atoms with Crippen molar-refractivity contribution >= 4 is 18.3 Å². The molecule has 6 heteroatoms. The summed E-state index contributed by atoms with van der Waals surface area (Å²) < 4.78 is 10.5. The summed E-state index contributed by atoms with van der Waals surface area (Å²) >= 11 is 0. The van der Waals surface area contributed by atoms with Crippen molar-refractivity contribution in [2.75, 3.05) is 40.4 Å². The molecule has 3 rings (SSSR count). The summed E-state index contributed by atoms with van der Waals surface area (Å²) in [6, 6.07) is 5.39. The van der Waals surface area contributed by atoms with Gasteiger partial charge < -0.3 is 19.7 Å². The zero-order valence-electron chi connectivity index (χ0n) is 14.5. The third-order valence-electron chi connectivity index (χ3n) is 5.41. The van der Waals surface area contributed by atoms with Crippen LogP contribution < -0.4 is 14.8 Å². The summed E-state index contributed by atoms with van der Waals surface area (Å²) in [4.78, 5) is 14.7. The molecule has 134 valence electrons. The van der Waals surface area contributed by atoms with Crippen LogP contribution in [0.4, 0.5) is 0 Å². The van der Waals surface area contributed by atoms with Crippen LogP contribution in [0.1, 0.15) is 36.0 Å². The highest BCUT2D eigenvalue weighted by Crippen LogP contribution is 2.40. The van der Waals surface area contributed by atoms with E-state index in [-0.39, 0.29) is 18.3 Å².